The fourth-order valence-corrected chi connectivity index (χ4v) is 2.80. The van der Waals surface area contributed by atoms with Crippen LogP contribution in [0, 0.1) is 9.86 Å². The van der Waals surface area contributed by atoms with Crippen molar-refractivity contribution in [1.29, 1.82) is 0 Å². The zero-order valence-electron chi connectivity index (χ0n) is 11.3. The van der Waals surface area contributed by atoms with Gasteiger partial charge in [0.15, 0.2) is 0 Å². The molecule has 0 unspecified atom stereocenters. The van der Waals surface area contributed by atoms with Crippen molar-refractivity contribution in [3.8, 4) is 9.86 Å². The number of rotatable bonds is 0. The molecular weight excluding hydrogens is 299 g/mol. The molecule has 0 radical (unpaired) electrons. The molecule has 0 aliphatic rings. The molecule has 86 valence electrons. The number of hydrogen-bond acceptors (Lipinski definition) is 0. The SMILES string of the molecule is CC(C)(C)c1ccc(C#[C][Sn]([CH3])([CH3])[CH3])cc1. The van der Waals surface area contributed by atoms with Crippen molar-refractivity contribution in [2.75, 3.05) is 0 Å². The normalized spacial score (nSPS) is 11.9. The third-order valence-electron chi connectivity index (χ3n) is 2.33. The van der Waals surface area contributed by atoms with Crippen molar-refractivity contribution in [3.63, 3.8) is 0 Å². The first-order chi connectivity index (χ1) is 7.18. The Balaban J connectivity index is 2.91. The Hall–Kier alpha value is -0.421. The van der Waals surface area contributed by atoms with Gasteiger partial charge in [0.05, 0.1) is 0 Å². The Bertz CT molecular complexity index is 402. The van der Waals surface area contributed by atoms with Gasteiger partial charge in [-0.25, -0.2) is 0 Å². The van der Waals surface area contributed by atoms with Crippen LogP contribution in [0.4, 0.5) is 0 Å². The molecule has 0 N–H and O–H groups in total. The van der Waals surface area contributed by atoms with Crippen molar-refractivity contribution in [2.45, 2.75) is 41.0 Å². The second-order valence-electron chi connectivity index (χ2n) is 6.33. The molecule has 0 aliphatic carbocycles. The number of hydrogen-bond donors (Lipinski definition) is 0. The van der Waals surface area contributed by atoms with E-state index < -0.39 is 18.4 Å². The molecular formula is C15H22Sn. The molecule has 0 saturated heterocycles. The topological polar surface area (TPSA) is 0 Å². The van der Waals surface area contributed by atoms with Crippen molar-refractivity contribution in [2.24, 2.45) is 0 Å². The monoisotopic (exact) mass is 322 g/mol. The summed E-state index contributed by atoms with van der Waals surface area (Å²) in [5.74, 6) is 3.31. The zero-order chi connectivity index (χ0) is 12.4. The van der Waals surface area contributed by atoms with Crippen LogP contribution in [-0.4, -0.2) is 18.4 Å². The Morgan fingerprint density at radius 3 is 1.81 bits per heavy atom. The Labute approximate surface area is 104 Å². The average molecular weight is 321 g/mol. The van der Waals surface area contributed by atoms with Crippen LogP contribution in [0.5, 0.6) is 0 Å². The summed E-state index contributed by atoms with van der Waals surface area (Å²) >= 11 is -1.93. The summed E-state index contributed by atoms with van der Waals surface area (Å²) in [6.45, 7) is 6.71. The van der Waals surface area contributed by atoms with E-state index in [0.717, 1.165) is 5.56 Å². The van der Waals surface area contributed by atoms with Crippen molar-refractivity contribution >= 4 is 18.4 Å². The van der Waals surface area contributed by atoms with Gasteiger partial charge in [-0.3, -0.25) is 0 Å². The first kappa shape index (κ1) is 13.6. The second-order valence-corrected chi connectivity index (χ2v) is 19.9. The van der Waals surface area contributed by atoms with Gasteiger partial charge in [-0.05, 0) is 0 Å². The molecule has 1 aromatic carbocycles. The van der Waals surface area contributed by atoms with E-state index in [9.17, 15) is 0 Å². The molecule has 0 aliphatic heterocycles. The third-order valence-corrected chi connectivity index (χ3v) is 4.83. The number of benzene rings is 1. The van der Waals surface area contributed by atoms with Crippen LogP contribution < -0.4 is 0 Å². The molecule has 0 aromatic heterocycles. The van der Waals surface area contributed by atoms with Crippen LogP contribution in [0.2, 0.25) is 14.8 Å². The molecule has 0 atom stereocenters. The molecule has 1 aromatic rings. The summed E-state index contributed by atoms with van der Waals surface area (Å²) in [5, 5.41) is 0. The Kier molecular flexibility index (Phi) is 4.12. The van der Waals surface area contributed by atoms with Crippen LogP contribution >= 0.6 is 0 Å². The summed E-state index contributed by atoms with van der Waals surface area (Å²) in [7, 11) is 0. The molecule has 0 amide bonds. The summed E-state index contributed by atoms with van der Waals surface area (Å²) in [4.78, 5) is 7.02. The minimum atomic E-state index is -1.93. The second kappa shape index (κ2) is 4.83. The summed E-state index contributed by atoms with van der Waals surface area (Å²) in [6.07, 6.45) is 0. The van der Waals surface area contributed by atoms with E-state index in [1.807, 2.05) is 0 Å². The Morgan fingerprint density at radius 2 is 1.44 bits per heavy atom. The molecule has 0 nitrogen and oxygen atoms in total. The molecule has 1 rings (SSSR count). The predicted octanol–water partition coefficient (Wildman–Crippen LogP) is 4.21. The first-order valence-electron chi connectivity index (χ1n) is 5.82. The standard InChI is InChI=1S/C12H13.3CH3.Sn/c1-5-10-6-8-11(9-7-10)12(2,3)4;;;;/h6-9H,2-4H3;3*1H3;. The van der Waals surface area contributed by atoms with Gasteiger partial charge in [-0.1, -0.05) is 0 Å². The van der Waals surface area contributed by atoms with Crippen LogP contribution in [-0.2, 0) is 5.41 Å². The van der Waals surface area contributed by atoms with Crippen molar-refractivity contribution in [3.05, 3.63) is 35.4 Å². The molecule has 0 heterocycles. The van der Waals surface area contributed by atoms with E-state index >= 15 is 0 Å². The van der Waals surface area contributed by atoms with E-state index in [2.05, 4.69) is 69.7 Å². The maximum atomic E-state index is 3.46. The average Bonchev–Trinajstić information content (AvgIpc) is 2.13. The van der Waals surface area contributed by atoms with Gasteiger partial charge in [0.2, 0.25) is 0 Å². The third kappa shape index (κ3) is 4.61. The first-order valence-corrected chi connectivity index (χ1v) is 15.8. The van der Waals surface area contributed by atoms with Crippen LogP contribution in [0.25, 0.3) is 0 Å². The maximum absolute atomic E-state index is 3.46. The predicted molar refractivity (Wildman–Crippen MR) is 75.4 cm³/mol. The van der Waals surface area contributed by atoms with Gasteiger partial charge in [-0.15, -0.1) is 0 Å². The van der Waals surface area contributed by atoms with Gasteiger partial charge >= 0.3 is 105 Å². The molecule has 0 saturated carbocycles. The fraction of sp³-hybridized carbons (Fsp3) is 0.467. The van der Waals surface area contributed by atoms with Crippen LogP contribution in [0.3, 0.4) is 0 Å². The molecule has 0 fully saturated rings. The van der Waals surface area contributed by atoms with Gasteiger partial charge < -0.3 is 0 Å². The van der Waals surface area contributed by atoms with E-state index in [1.165, 1.54) is 5.56 Å². The van der Waals surface area contributed by atoms with Crippen molar-refractivity contribution < 1.29 is 0 Å². The van der Waals surface area contributed by atoms with E-state index in [4.69, 9.17) is 0 Å². The zero-order valence-corrected chi connectivity index (χ0v) is 14.2. The van der Waals surface area contributed by atoms with Crippen molar-refractivity contribution in [1.82, 2.24) is 0 Å². The summed E-state index contributed by atoms with van der Waals surface area (Å²) in [6, 6.07) is 8.68. The van der Waals surface area contributed by atoms with Gasteiger partial charge in [-0.2, -0.15) is 0 Å². The van der Waals surface area contributed by atoms with Gasteiger partial charge in [0.1, 0.15) is 0 Å². The fourth-order valence-electron chi connectivity index (χ4n) is 1.31. The molecule has 0 spiro atoms. The van der Waals surface area contributed by atoms with E-state index in [0.29, 0.717) is 0 Å². The molecule has 1 heteroatoms. The van der Waals surface area contributed by atoms with Gasteiger partial charge in [0.25, 0.3) is 0 Å². The van der Waals surface area contributed by atoms with E-state index in [-0.39, 0.29) is 5.41 Å². The van der Waals surface area contributed by atoms with Crippen LogP contribution in [0.1, 0.15) is 31.9 Å². The molecule has 16 heavy (non-hydrogen) atoms. The summed E-state index contributed by atoms with van der Waals surface area (Å²) < 4.78 is 3.46. The quantitative estimate of drug-likeness (QED) is 0.496. The van der Waals surface area contributed by atoms with Gasteiger partial charge in [0, 0.05) is 0 Å². The van der Waals surface area contributed by atoms with Crippen LogP contribution in [0.15, 0.2) is 24.3 Å². The minimum absolute atomic E-state index is 0.231. The molecule has 0 bridgehead atoms. The summed E-state index contributed by atoms with van der Waals surface area (Å²) in [5.41, 5.74) is 2.76. The Morgan fingerprint density at radius 1 is 0.938 bits per heavy atom. The van der Waals surface area contributed by atoms with E-state index in [1.54, 1.807) is 0 Å².